The number of aryl methyl sites for hydroxylation is 1. The van der Waals surface area contributed by atoms with Crippen molar-refractivity contribution >= 4 is 11.8 Å². The molecule has 2 aromatic rings. The normalized spacial score (nSPS) is 11.5. The van der Waals surface area contributed by atoms with Crippen molar-refractivity contribution in [2.24, 2.45) is 5.73 Å². The maximum absolute atomic E-state index is 12.3. The summed E-state index contributed by atoms with van der Waals surface area (Å²) >= 11 is 0. The second-order valence-corrected chi connectivity index (χ2v) is 5.68. The Morgan fingerprint density at radius 3 is 2.58 bits per heavy atom. The zero-order valence-corrected chi connectivity index (χ0v) is 13.7. The van der Waals surface area contributed by atoms with Crippen LogP contribution >= 0.6 is 0 Å². The van der Waals surface area contributed by atoms with Gasteiger partial charge >= 0.3 is 0 Å². The van der Waals surface area contributed by atoms with Crippen molar-refractivity contribution < 1.29 is 14.3 Å². The lowest BCUT2D eigenvalue weighted by atomic mass is 10.1. The number of benzene rings is 2. The summed E-state index contributed by atoms with van der Waals surface area (Å²) in [5, 5.41) is 2.97. The van der Waals surface area contributed by atoms with E-state index >= 15 is 0 Å². The van der Waals surface area contributed by atoms with Gasteiger partial charge in [0.05, 0.1) is 0 Å². The van der Waals surface area contributed by atoms with Gasteiger partial charge in [0.15, 0.2) is 6.61 Å². The molecule has 0 radical (unpaired) electrons. The summed E-state index contributed by atoms with van der Waals surface area (Å²) < 4.78 is 5.21. The van der Waals surface area contributed by atoms with Gasteiger partial charge in [-0.25, -0.2) is 0 Å². The van der Waals surface area contributed by atoms with Crippen LogP contribution in [0, 0.1) is 0 Å². The quantitative estimate of drug-likeness (QED) is 0.781. The van der Waals surface area contributed by atoms with Gasteiger partial charge in [-0.05, 0) is 43.5 Å². The molecular weight excluding hydrogens is 304 g/mol. The predicted octanol–water partition coefficient (Wildman–Crippen LogP) is 2.30. The van der Waals surface area contributed by atoms with Gasteiger partial charge in [-0.3, -0.25) is 9.59 Å². The fourth-order valence-corrected chi connectivity index (χ4v) is 2.29. The third-order valence-corrected chi connectivity index (χ3v) is 3.56. The van der Waals surface area contributed by atoms with Crippen LogP contribution in [0.5, 0.6) is 5.75 Å². The maximum atomic E-state index is 12.3. The molecule has 0 bridgehead atoms. The molecule has 0 aliphatic heterocycles. The number of carbonyl (C=O) groups excluding carboxylic acids is 2. The van der Waals surface area contributed by atoms with Gasteiger partial charge in [-0.2, -0.15) is 0 Å². The van der Waals surface area contributed by atoms with Crippen molar-refractivity contribution in [3.05, 3.63) is 65.7 Å². The molecule has 2 amide bonds. The van der Waals surface area contributed by atoms with Crippen LogP contribution < -0.4 is 15.8 Å². The van der Waals surface area contributed by atoms with Crippen LogP contribution in [0.15, 0.2) is 54.6 Å². The summed E-state index contributed by atoms with van der Waals surface area (Å²) in [6.07, 6.45) is 1.76. The third kappa shape index (κ3) is 5.76. The highest BCUT2D eigenvalue weighted by Gasteiger charge is 2.11. The van der Waals surface area contributed by atoms with Crippen molar-refractivity contribution in [2.75, 3.05) is 6.61 Å². The van der Waals surface area contributed by atoms with Gasteiger partial charge in [-0.1, -0.05) is 36.4 Å². The molecule has 0 aliphatic carbocycles. The van der Waals surface area contributed by atoms with Crippen molar-refractivity contribution in [3.8, 4) is 5.75 Å². The highest BCUT2D eigenvalue weighted by Crippen LogP contribution is 2.14. The lowest BCUT2D eigenvalue weighted by molar-refractivity contribution is -0.119. The Morgan fingerprint density at radius 2 is 1.88 bits per heavy atom. The second-order valence-electron chi connectivity index (χ2n) is 5.68. The Kier molecular flexibility index (Phi) is 6.37. The molecule has 3 N–H and O–H groups in total. The Bertz CT molecular complexity index is 686. The number of hydrogen-bond acceptors (Lipinski definition) is 3. The molecule has 0 spiro atoms. The van der Waals surface area contributed by atoms with E-state index in [9.17, 15) is 9.59 Å². The van der Waals surface area contributed by atoms with Crippen molar-refractivity contribution in [1.29, 1.82) is 0 Å². The number of ether oxygens (including phenoxy) is 1. The lowest BCUT2D eigenvalue weighted by Crippen LogP contribution is -2.32. The van der Waals surface area contributed by atoms with Crippen LogP contribution in [0.25, 0.3) is 0 Å². The molecule has 126 valence electrons. The molecular formula is C19H22N2O3. The number of nitrogens with one attached hydrogen (secondary N) is 1. The van der Waals surface area contributed by atoms with Gasteiger partial charge in [0.25, 0.3) is 11.8 Å². The van der Waals surface area contributed by atoms with E-state index in [1.807, 2.05) is 25.1 Å². The molecule has 1 unspecified atom stereocenters. The minimum absolute atomic E-state index is 0.0490. The molecule has 0 heterocycles. The van der Waals surface area contributed by atoms with E-state index in [1.165, 1.54) is 5.56 Å². The van der Waals surface area contributed by atoms with E-state index in [4.69, 9.17) is 10.5 Å². The molecule has 0 saturated heterocycles. The first kappa shape index (κ1) is 17.5. The van der Waals surface area contributed by atoms with Crippen LogP contribution in [0.2, 0.25) is 0 Å². The first-order valence-electron chi connectivity index (χ1n) is 7.90. The predicted molar refractivity (Wildman–Crippen MR) is 92.8 cm³/mol. The zero-order chi connectivity index (χ0) is 17.4. The summed E-state index contributed by atoms with van der Waals surface area (Å²) in [5.74, 6) is -0.280. The third-order valence-electron chi connectivity index (χ3n) is 3.56. The summed E-state index contributed by atoms with van der Waals surface area (Å²) in [7, 11) is 0. The van der Waals surface area contributed by atoms with E-state index in [-0.39, 0.29) is 18.6 Å². The van der Waals surface area contributed by atoms with Crippen molar-refractivity contribution in [2.45, 2.75) is 25.8 Å². The van der Waals surface area contributed by atoms with Gasteiger partial charge in [0, 0.05) is 11.6 Å². The number of nitrogens with two attached hydrogens (primary N) is 1. The van der Waals surface area contributed by atoms with Crippen molar-refractivity contribution in [3.63, 3.8) is 0 Å². The smallest absolute Gasteiger partial charge is 0.255 e. The molecule has 0 aliphatic rings. The molecule has 24 heavy (non-hydrogen) atoms. The fourth-order valence-electron chi connectivity index (χ4n) is 2.29. The summed E-state index contributed by atoms with van der Waals surface area (Å²) in [6.45, 7) is 1.77. The maximum Gasteiger partial charge on any atom is 0.255 e. The van der Waals surface area contributed by atoms with Crippen LogP contribution in [0.4, 0.5) is 0 Å². The molecule has 5 heteroatoms. The summed E-state index contributed by atoms with van der Waals surface area (Å²) in [5.41, 5.74) is 6.78. The summed E-state index contributed by atoms with van der Waals surface area (Å²) in [6, 6.07) is 16.9. The molecule has 5 nitrogen and oxygen atoms in total. The Balaban J connectivity index is 1.87. The van der Waals surface area contributed by atoms with Gasteiger partial charge in [0.1, 0.15) is 5.75 Å². The first-order valence-corrected chi connectivity index (χ1v) is 7.90. The van der Waals surface area contributed by atoms with Crippen molar-refractivity contribution in [1.82, 2.24) is 5.32 Å². The fraction of sp³-hybridized carbons (Fsp3) is 0.263. The number of primary amides is 1. The van der Waals surface area contributed by atoms with E-state index in [1.54, 1.807) is 24.3 Å². The van der Waals surface area contributed by atoms with E-state index in [0.29, 0.717) is 11.3 Å². The van der Waals surface area contributed by atoms with Crippen LogP contribution in [-0.4, -0.2) is 24.5 Å². The largest absolute Gasteiger partial charge is 0.484 e. The summed E-state index contributed by atoms with van der Waals surface area (Å²) in [4.78, 5) is 23.0. The zero-order valence-electron chi connectivity index (χ0n) is 13.7. The Morgan fingerprint density at radius 1 is 1.12 bits per heavy atom. The molecule has 2 aromatic carbocycles. The minimum Gasteiger partial charge on any atom is -0.484 e. The topological polar surface area (TPSA) is 81.4 Å². The van der Waals surface area contributed by atoms with Gasteiger partial charge in [-0.15, -0.1) is 0 Å². The highest BCUT2D eigenvalue weighted by atomic mass is 16.5. The Hall–Kier alpha value is -2.82. The van der Waals surface area contributed by atoms with Gasteiger partial charge < -0.3 is 15.8 Å². The van der Waals surface area contributed by atoms with Crippen LogP contribution in [-0.2, 0) is 11.2 Å². The molecule has 1 atom stereocenters. The SMILES string of the molecule is CC(CCc1ccccc1)NC(=O)c1cccc(OCC(N)=O)c1. The monoisotopic (exact) mass is 326 g/mol. The standard InChI is InChI=1S/C19H22N2O3/c1-14(10-11-15-6-3-2-4-7-15)21-19(23)16-8-5-9-17(12-16)24-13-18(20)22/h2-9,12,14H,10-11,13H2,1H3,(H2,20,22)(H,21,23). The van der Waals surface area contributed by atoms with E-state index < -0.39 is 5.91 Å². The molecule has 0 saturated carbocycles. The van der Waals surface area contributed by atoms with E-state index in [2.05, 4.69) is 17.4 Å². The average molecular weight is 326 g/mol. The van der Waals surface area contributed by atoms with Gasteiger partial charge in [0.2, 0.25) is 0 Å². The van der Waals surface area contributed by atoms with E-state index in [0.717, 1.165) is 12.8 Å². The Labute approximate surface area is 141 Å². The molecule has 0 aromatic heterocycles. The lowest BCUT2D eigenvalue weighted by Gasteiger charge is -2.14. The molecule has 0 fully saturated rings. The minimum atomic E-state index is -0.556. The second kappa shape index (κ2) is 8.72. The number of hydrogen-bond donors (Lipinski definition) is 2. The molecule has 2 rings (SSSR count). The number of rotatable bonds is 8. The van der Waals surface area contributed by atoms with Crippen LogP contribution in [0.1, 0.15) is 29.3 Å². The highest BCUT2D eigenvalue weighted by molar-refractivity contribution is 5.94. The van der Waals surface area contributed by atoms with Crippen LogP contribution in [0.3, 0.4) is 0 Å². The number of carbonyl (C=O) groups is 2. The average Bonchev–Trinajstić information content (AvgIpc) is 2.59. The number of amides is 2. The first-order chi connectivity index (χ1) is 11.5.